The van der Waals surface area contributed by atoms with E-state index < -0.39 is 12.2 Å². The maximum Gasteiger partial charge on any atom is 0.122 e. The van der Waals surface area contributed by atoms with Gasteiger partial charge in [0.2, 0.25) is 0 Å². The van der Waals surface area contributed by atoms with Gasteiger partial charge in [0.05, 0.1) is 18.8 Å². The predicted molar refractivity (Wildman–Crippen MR) is 86.9 cm³/mol. The highest BCUT2D eigenvalue weighted by Gasteiger charge is 2.16. The first-order valence-corrected chi connectivity index (χ1v) is 8.09. The molecule has 0 fully saturated rings. The Hall–Kier alpha value is -1.06. The number of aliphatic hydroxyl groups is 2. The third-order valence-corrected chi connectivity index (χ3v) is 4.05. The van der Waals surface area contributed by atoms with Crippen LogP contribution in [-0.4, -0.2) is 29.0 Å². The molecule has 3 heteroatoms. The van der Waals surface area contributed by atoms with Crippen LogP contribution in [0.3, 0.4) is 0 Å². The van der Waals surface area contributed by atoms with Gasteiger partial charge in [-0.25, -0.2) is 0 Å². The van der Waals surface area contributed by atoms with E-state index in [1.54, 1.807) is 0 Å². The van der Waals surface area contributed by atoms with Crippen molar-refractivity contribution in [3.05, 3.63) is 28.8 Å². The molecular weight excluding hydrogens is 264 g/mol. The maximum absolute atomic E-state index is 9.97. The highest BCUT2D eigenvalue weighted by atomic mass is 16.5. The third-order valence-electron chi connectivity index (χ3n) is 4.05. The second-order valence-electron chi connectivity index (χ2n) is 5.78. The molecule has 3 nitrogen and oxygen atoms in total. The lowest BCUT2D eigenvalue weighted by molar-refractivity contribution is 0.00978. The van der Waals surface area contributed by atoms with Gasteiger partial charge >= 0.3 is 0 Å². The summed E-state index contributed by atoms with van der Waals surface area (Å²) in [6.45, 7) is 9.02. The zero-order chi connectivity index (χ0) is 15.8. The monoisotopic (exact) mass is 294 g/mol. The first-order chi connectivity index (χ1) is 10.0. The Bertz CT molecular complexity index is 429. The minimum absolute atomic E-state index is 0.594. The normalized spacial score (nSPS) is 14.0. The number of hydrogen-bond acceptors (Lipinski definition) is 3. The van der Waals surface area contributed by atoms with Crippen molar-refractivity contribution >= 4 is 0 Å². The highest BCUT2D eigenvalue weighted by Crippen LogP contribution is 2.25. The summed E-state index contributed by atoms with van der Waals surface area (Å²) in [4.78, 5) is 0. The number of aliphatic hydroxyl groups excluding tert-OH is 2. The van der Waals surface area contributed by atoms with Crippen LogP contribution in [-0.2, 0) is 6.42 Å². The van der Waals surface area contributed by atoms with E-state index in [4.69, 9.17) is 4.74 Å². The lowest BCUT2D eigenvalue weighted by Gasteiger charge is -2.19. The molecular formula is C18H30O3. The molecule has 0 bridgehead atoms. The highest BCUT2D eigenvalue weighted by molar-refractivity contribution is 5.43. The quantitative estimate of drug-likeness (QED) is 0.732. The van der Waals surface area contributed by atoms with Gasteiger partial charge < -0.3 is 14.9 Å². The molecule has 21 heavy (non-hydrogen) atoms. The predicted octanol–water partition coefficient (Wildman–Crippen LogP) is 3.55. The van der Waals surface area contributed by atoms with E-state index in [9.17, 15) is 10.2 Å². The van der Waals surface area contributed by atoms with Gasteiger partial charge in [-0.15, -0.1) is 0 Å². The summed E-state index contributed by atoms with van der Waals surface area (Å²) in [5.41, 5.74) is 3.62. The first-order valence-electron chi connectivity index (χ1n) is 8.09. The van der Waals surface area contributed by atoms with E-state index in [1.807, 2.05) is 13.0 Å². The fraction of sp³-hybridized carbons (Fsp3) is 0.667. The smallest absolute Gasteiger partial charge is 0.122 e. The second kappa shape index (κ2) is 9.06. The SMILES string of the molecule is CCCOc1ccc(CCC(O)C(O)CCC)c(C)c1C. The van der Waals surface area contributed by atoms with E-state index in [1.165, 1.54) is 16.7 Å². The van der Waals surface area contributed by atoms with Crippen molar-refractivity contribution < 1.29 is 14.9 Å². The van der Waals surface area contributed by atoms with E-state index >= 15 is 0 Å². The van der Waals surface area contributed by atoms with Crippen LogP contribution in [0.2, 0.25) is 0 Å². The summed E-state index contributed by atoms with van der Waals surface area (Å²) >= 11 is 0. The van der Waals surface area contributed by atoms with Crippen molar-refractivity contribution in [2.45, 2.75) is 72.0 Å². The zero-order valence-corrected chi connectivity index (χ0v) is 13.9. The lowest BCUT2D eigenvalue weighted by atomic mass is 9.95. The van der Waals surface area contributed by atoms with Gasteiger partial charge in [0.1, 0.15) is 5.75 Å². The van der Waals surface area contributed by atoms with Crippen molar-refractivity contribution in [2.75, 3.05) is 6.61 Å². The Morgan fingerprint density at radius 2 is 1.62 bits per heavy atom. The molecule has 0 aliphatic heterocycles. The molecule has 2 unspecified atom stereocenters. The Balaban J connectivity index is 2.66. The van der Waals surface area contributed by atoms with Gasteiger partial charge in [-0.1, -0.05) is 26.3 Å². The summed E-state index contributed by atoms with van der Waals surface area (Å²) in [5.74, 6) is 0.949. The summed E-state index contributed by atoms with van der Waals surface area (Å²) < 4.78 is 5.73. The largest absolute Gasteiger partial charge is 0.493 e. The molecule has 1 aromatic rings. The molecule has 2 N–H and O–H groups in total. The van der Waals surface area contributed by atoms with Crippen molar-refractivity contribution in [2.24, 2.45) is 0 Å². The number of aryl methyl sites for hydroxylation is 1. The molecule has 0 aliphatic rings. The summed E-state index contributed by atoms with van der Waals surface area (Å²) in [6, 6.07) is 4.09. The van der Waals surface area contributed by atoms with Gasteiger partial charge in [0, 0.05) is 0 Å². The van der Waals surface area contributed by atoms with Crippen LogP contribution in [0.4, 0.5) is 0 Å². The summed E-state index contributed by atoms with van der Waals surface area (Å²) in [7, 11) is 0. The maximum atomic E-state index is 9.97. The Morgan fingerprint density at radius 1 is 0.952 bits per heavy atom. The Labute approximate surface area is 129 Å². The molecule has 2 atom stereocenters. The molecule has 0 heterocycles. The molecule has 0 radical (unpaired) electrons. The van der Waals surface area contributed by atoms with Crippen LogP contribution in [0, 0.1) is 13.8 Å². The van der Waals surface area contributed by atoms with Gasteiger partial charge in [-0.3, -0.25) is 0 Å². The second-order valence-corrected chi connectivity index (χ2v) is 5.78. The zero-order valence-electron chi connectivity index (χ0n) is 13.9. The number of ether oxygens (including phenoxy) is 1. The van der Waals surface area contributed by atoms with E-state index in [-0.39, 0.29) is 0 Å². The topological polar surface area (TPSA) is 49.7 Å². The number of rotatable bonds is 9. The minimum Gasteiger partial charge on any atom is -0.493 e. The van der Waals surface area contributed by atoms with Crippen LogP contribution < -0.4 is 4.74 Å². The molecule has 0 amide bonds. The van der Waals surface area contributed by atoms with E-state index in [0.29, 0.717) is 12.8 Å². The van der Waals surface area contributed by atoms with Gasteiger partial charge in [-0.2, -0.15) is 0 Å². The molecule has 1 rings (SSSR count). The van der Waals surface area contributed by atoms with Crippen molar-refractivity contribution in [3.63, 3.8) is 0 Å². The van der Waals surface area contributed by atoms with E-state index in [0.717, 1.165) is 31.6 Å². The molecule has 1 aromatic carbocycles. The fourth-order valence-corrected chi connectivity index (χ4v) is 2.48. The van der Waals surface area contributed by atoms with Crippen LogP contribution in [0.5, 0.6) is 5.75 Å². The van der Waals surface area contributed by atoms with Crippen LogP contribution in [0.25, 0.3) is 0 Å². The molecule has 0 aromatic heterocycles. The van der Waals surface area contributed by atoms with Crippen molar-refractivity contribution in [1.29, 1.82) is 0 Å². The van der Waals surface area contributed by atoms with Gasteiger partial charge in [-0.05, 0) is 62.3 Å². The number of benzene rings is 1. The van der Waals surface area contributed by atoms with Crippen LogP contribution in [0.15, 0.2) is 12.1 Å². The first kappa shape index (κ1) is 18.0. The van der Waals surface area contributed by atoms with E-state index in [2.05, 4.69) is 26.8 Å². The molecule has 0 saturated carbocycles. The van der Waals surface area contributed by atoms with Gasteiger partial charge in [0.25, 0.3) is 0 Å². The number of hydrogen-bond donors (Lipinski definition) is 2. The van der Waals surface area contributed by atoms with Crippen LogP contribution >= 0.6 is 0 Å². The summed E-state index contributed by atoms with van der Waals surface area (Å²) in [6.07, 6.45) is 2.67. The lowest BCUT2D eigenvalue weighted by Crippen LogP contribution is -2.26. The molecule has 0 aliphatic carbocycles. The third kappa shape index (κ3) is 5.33. The van der Waals surface area contributed by atoms with Crippen molar-refractivity contribution in [3.8, 4) is 5.75 Å². The van der Waals surface area contributed by atoms with Crippen LogP contribution in [0.1, 0.15) is 56.2 Å². The molecule has 0 spiro atoms. The minimum atomic E-state index is -0.638. The average molecular weight is 294 g/mol. The standard InChI is InChI=1S/C18H30O3/c1-5-7-16(19)17(20)10-8-15-9-11-18(21-12-6-2)14(4)13(15)3/h9,11,16-17,19-20H,5-8,10,12H2,1-4H3. The molecule has 120 valence electrons. The fourth-order valence-electron chi connectivity index (χ4n) is 2.48. The molecule has 0 saturated heterocycles. The Kier molecular flexibility index (Phi) is 7.76. The average Bonchev–Trinajstić information content (AvgIpc) is 2.47. The summed E-state index contributed by atoms with van der Waals surface area (Å²) in [5, 5.41) is 19.8. The van der Waals surface area contributed by atoms with Gasteiger partial charge in [0.15, 0.2) is 0 Å². The Morgan fingerprint density at radius 3 is 2.24 bits per heavy atom. The van der Waals surface area contributed by atoms with Crippen molar-refractivity contribution in [1.82, 2.24) is 0 Å².